The van der Waals surface area contributed by atoms with Crippen molar-refractivity contribution >= 4 is 0 Å². The van der Waals surface area contributed by atoms with Crippen molar-refractivity contribution in [2.75, 3.05) is 0 Å². The minimum atomic E-state index is -0.0241. The van der Waals surface area contributed by atoms with Crippen molar-refractivity contribution in [2.45, 2.75) is 97.0 Å². The summed E-state index contributed by atoms with van der Waals surface area (Å²) in [5.41, 5.74) is 0. The van der Waals surface area contributed by atoms with Crippen molar-refractivity contribution in [2.24, 2.45) is 11.8 Å². The Morgan fingerprint density at radius 2 is 1.72 bits per heavy atom. The molecule has 1 fully saturated rings. The molecule has 1 saturated carbocycles. The third-order valence-corrected chi connectivity index (χ3v) is 4.80. The highest BCUT2D eigenvalue weighted by molar-refractivity contribution is 4.75. The highest BCUT2D eigenvalue weighted by atomic mass is 16.3. The van der Waals surface area contributed by atoms with Gasteiger partial charge in [-0.3, -0.25) is 0 Å². The third kappa shape index (κ3) is 6.78. The molecule has 0 amide bonds. The number of hydrogen-bond donors (Lipinski definition) is 1. The molecule has 3 unspecified atom stereocenters. The number of rotatable bonds is 10. The predicted molar refractivity (Wildman–Crippen MR) is 79.7 cm³/mol. The summed E-state index contributed by atoms with van der Waals surface area (Å²) in [6.45, 7) is 4.64. The summed E-state index contributed by atoms with van der Waals surface area (Å²) < 4.78 is 0. The molecule has 0 aliphatic heterocycles. The maximum Gasteiger partial charge on any atom is 0.0540 e. The minimum Gasteiger partial charge on any atom is -0.393 e. The van der Waals surface area contributed by atoms with Crippen LogP contribution in [0, 0.1) is 11.8 Å². The first-order valence-corrected chi connectivity index (χ1v) is 8.42. The molecule has 0 aromatic heterocycles. The summed E-state index contributed by atoms with van der Waals surface area (Å²) in [5, 5.41) is 10.00. The van der Waals surface area contributed by atoms with E-state index in [2.05, 4.69) is 13.8 Å². The zero-order valence-corrected chi connectivity index (χ0v) is 12.7. The summed E-state index contributed by atoms with van der Waals surface area (Å²) in [6, 6.07) is 0. The van der Waals surface area contributed by atoms with Gasteiger partial charge in [0.15, 0.2) is 0 Å². The van der Waals surface area contributed by atoms with E-state index in [0.29, 0.717) is 0 Å². The van der Waals surface area contributed by atoms with E-state index < -0.39 is 0 Å². The fourth-order valence-electron chi connectivity index (χ4n) is 3.36. The lowest BCUT2D eigenvalue weighted by Gasteiger charge is -2.17. The van der Waals surface area contributed by atoms with Gasteiger partial charge in [0.1, 0.15) is 0 Å². The van der Waals surface area contributed by atoms with Gasteiger partial charge in [-0.2, -0.15) is 0 Å². The van der Waals surface area contributed by atoms with Crippen molar-refractivity contribution in [3.63, 3.8) is 0 Å². The van der Waals surface area contributed by atoms with Crippen LogP contribution < -0.4 is 0 Å². The van der Waals surface area contributed by atoms with Crippen LogP contribution in [0.5, 0.6) is 0 Å². The van der Waals surface area contributed by atoms with Crippen LogP contribution in [-0.2, 0) is 0 Å². The van der Waals surface area contributed by atoms with Gasteiger partial charge < -0.3 is 5.11 Å². The van der Waals surface area contributed by atoms with E-state index in [1.807, 2.05) is 0 Å². The molecule has 0 spiro atoms. The number of unbranched alkanes of at least 4 members (excludes halogenated alkanes) is 5. The SMILES string of the molecule is CCCCCCCCC(O)CCC1CCCC1C. The van der Waals surface area contributed by atoms with Crippen LogP contribution in [-0.4, -0.2) is 11.2 Å². The molecule has 0 aromatic rings. The Bertz CT molecular complexity index is 190. The van der Waals surface area contributed by atoms with E-state index in [9.17, 15) is 5.11 Å². The van der Waals surface area contributed by atoms with Crippen LogP contribution in [0.1, 0.15) is 90.9 Å². The fraction of sp³-hybridized carbons (Fsp3) is 1.00. The smallest absolute Gasteiger partial charge is 0.0540 e. The Hall–Kier alpha value is -0.0400. The maximum atomic E-state index is 10.00. The second kappa shape index (κ2) is 9.83. The Balaban J connectivity index is 1.92. The van der Waals surface area contributed by atoms with Gasteiger partial charge >= 0.3 is 0 Å². The van der Waals surface area contributed by atoms with E-state index in [1.54, 1.807) is 0 Å². The molecule has 108 valence electrons. The highest BCUT2D eigenvalue weighted by Gasteiger charge is 2.23. The Labute approximate surface area is 114 Å². The lowest BCUT2D eigenvalue weighted by atomic mass is 9.91. The zero-order valence-electron chi connectivity index (χ0n) is 12.7. The molecule has 1 heteroatoms. The van der Waals surface area contributed by atoms with Crippen LogP contribution in [0.15, 0.2) is 0 Å². The fourth-order valence-corrected chi connectivity index (χ4v) is 3.36. The van der Waals surface area contributed by atoms with Gasteiger partial charge in [0.2, 0.25) is 0 Å². The molecule has 1 nitrogen and oxygen atoms in total. The van der Waals surface area contributed by atoms with Crippen molar-refractivity contribution in [3.8, 4) is 0 Å². The van der Waals surface area contributed by atoms with Crippen LogP contribution in [0.4, 0.5) is 0 Å². The zero-order chi connectivity index (χ0) is 13.2. The van der Waals surface area contributed by atoms with Gasteiger partial charge in [-0.15, -0.1) is 0 Å². The average molecular weight is 254 g/mol. The average Bonchev–Trinajstić information content (AvgIpc) is 2.77. The third-order valence-electron chi connectivity index (χ3n) is 4.80. The van der Waals surface area contributed by atoms with E-state index >= 15 is 0 Å². The summed E-state index contributed by atoms with van der Waals surface area (Å²) in [7, 11) is 0. The van der Waals surface area contributed by atoms with Gasteiger partial charge in [-0.25, -0.2) is 0 Å². The van der Waals surface area contributed by atoms with E-state index in [-0.39, 0.29) is 6.10 Å². The first-order valence-electron chi connectivity index (χ1n) is 8.42. The molecule has 1 N–H and O–H groups in total. The molecule has 0 heterocycles. The number of hydrogen-bond acceptors (Lipinski definition) is 1. The molecule has 0 radical (unpaired) electrons. The lowest BCUT2D eigenvalue weighted by molar-refractivity contribution is 0.138. The van der Waals surface area contributed by atoms with Crippen LogP contribution in [0.25, 0.3) is 0 Å². The van der Waals surface area contributed by atoms with Gasteiger partial charge in [-0.1, -0.05) is 71.6 Å². The van der Waals surface area contributed by atoms with E-state index in [1.165, 1.54) is 64.2 Å². The van der Waals surface area contributed by atoms with Crippen LogP contribution in [0.2, 0.25) is 0 Å². The topological polar surface area (TPSA) is 20.2 Å². The Morgan fingerprint density at radius 3 is 2.39 bits per heavy atom. The minimum absolute atomic E-state index is 0.0241. The summed E-state index contributed by atoms with van der Waals surface area (Å²) in [4.78, 5) is 0. The molecular weight excluding hydrogens is 220 g/mol. The van der Waals surface area contributed by atoms with Gasteiger partial charge in [0.25, 0.3) is 0 Å². The number of aliphatic hydroxyl groups is 1. The second-order valence-electron chi connectivity index (χ2n) is 6.46. The maximum absolute atomic E-state index is 10.00. The second-order valence-corrected chi connectivity index (χ2v) is 6.46. The first-order chi connectivity index (χ1) is 8.74. The molecular formula is C17H34O. The van der Waals surface area contributed by atoms with Crippen LogP contribution >= 0.6 is 0 Å². The first kappa shape index (κ1) is 16.0. The lowest BCUT2D eigenvalue weighted by Crippen LogP contribution is -2.11. The van der Waals surface area contributed by atoms with Gasteiger partial charge in [0.05, 0.1) is 6.10 Å². The molecule has 0 saturated heterocycles. The standard InChI is InChI=1S/C17H34O/c1-3-4-5-6-7-8-12-17(18)14-13-16-11-9-10-15(16)2/h15-18H,3-14H2,1-2H3. The van der Waals surface area contributed by atoms with E-state index in [0.717, 1.165) is 24.7 Å². The largest absolute Gasteiger partial charge is 0.393 e. The Kier molecular flexibility index (Phi) is 8.75. The molecule has 0 bridgehead atoms. The molecule has 1 aliphatic carbocycles. The summed E-state index contributed by atoms with van der Waals surface area (Å²) in [6.07, 6.45) is 15.5. The highest BCUT2D eigenvalue weighted by Crippen LogP contribution is 2.34. The van der Waals surface area contributed by atoms with Crippen molar-refractivity contribution in [1.29, 1.82) is 0 Å². The van der Waals surface area contributed by atoms with Crippen molar-refractivity contribution < 1.29 is 5.11 Å². The molecule has 3 atom stereocenters. The Morgan fingerprint density at radius 1 is 1.00 bits per heavy atom. The number of aliphatic hydroxyl groups excluding tert-OH is 1. The molecule has 1 aliphatic rings. The van der Waals surface area contributed by atoms with Gasteiger partial charge in [0, 0.05) is 0 Å². The summed E-state index contributed by atoms with van der Waals surface area (Å²) >= 11 is 0. The normalized spacial score (nSPS) is 25.5. The van der Waals surface area contributed by atoms with Crippen molar-refractivity contribution in [3.05, 3.63) is 0 Å². The van der Waals surface area contributed by atoms with Crippen LogP contribution in [0.3, 0.4) is 0 Å². The van der Waals surface area contributed by atoms with E-state index in [4.69, 9.17) is 0 Å². The predicted octanol–water partition coefficient (Wildman–Crippen LogP) is 5.31. The molecule has 0 aromatic carbocycles. The van der Waals surface area contributed by atoms with Crippen molar-refractivity contribution in [1.82, 2.24) is 0 Å². The quantitative estimate of drug-likeness (QED) is 0.523. The molecule has 18 heavy (non-hydrogen) atoms. The van der Waals surface area contributed by atoms with Gasteiger partial charge in [-0.05, 0) is 31.1 Å². The monoisotopic (exact) mass is 254 g/mol. The summed E-state index contributed by atoms with van der Waals surface area (Å²) in [5.74, 6) is 1.82. The molecule has 1 rings (SSSR count).